The third-order valence-corrected chi connectivity index (χ3v) is 6.24. The summed E-state index contributed by atoms with van der Waals surface area (Å²) in [5.41, 5.74) is 2.61. The van der Waals surface area contributed by atoms with Gasteiger partial charge < -0.3 is 4.90 Å². The summed E-state index contributed by atoms with van der Waals surface area (Å²) in [5.74, 6) is 0.779. The van der Waals surface area contributed by atoms with E-state index in [9.17, 15) is 9.59 Å². The van der Waals surface area contributed by atoms with Crippen molar-refractivity contribution in [3.8, 4) is 11.3 Å². The van der Waals surface area contributed by atoms with E-state index in [2.05, 4.69) is 12.1 Å². The minimum absolute atomic E-state index is 0.00577. The predicted octanol–water partition coefficient (Wildman–Crippen LogP) is 3.87. The van der Waals surface area contributed by atoms with Gasteiger partial charge in [0.25, 0.3) is 5.56 Å². The quantitative estimate of drug-likeness (QED) is 0.431. The molecule has 5 nitrogen and oxygen atoms in total. The SMILES string of the molecule is O=C(Cn1c(SCCc2ccccc2)nc(-c2ccccc2)cc1=O)N1CCCC1. The molecule has 1 amide bonds. The van der Waals surface area contributed by atoms with Gasteiger partial charge in [-0.3, -0.25) is 14.2 Å². The zero-order valence-corrected chi connectivity index (χ0v) is 17.7. The van der Waals surface area contributed by atoms with Crippen molar-refractivity contribution in [1.29, 1.82) is 0 Å². The first-order valence-corrected chi connectivity index (χ1v) is 11.3. The van der Waals surface area contributed by atoms with Crippen LogP contribution < -0.4 is 5.56 Å². The van der Waals surface area contributed by atoms with Crippen molar-refractivity contribution in [2.24, 2.45) is 0 Å². The Hall–Kier alpha value is -2.86. The largest absolute Gasteiger partial charge is 0.341 e. The van der Waals surface area contributed by atoms with Crippen LogP contribution in [-0.4, -0.2) is 39.2 Å². The van der Waals surface area contributed by atoms with Crippen LogP contribution in [-0.2, 0) is 17.8 Å². The molecule has 2 heterocycles. The van der Waals surface area contributed by atoms with Gasteiger partial charge in [0.1, 0.15) is 6.54 Å². The van der Waals surface area contributed by atoms with Gasteiger partial charge in [0, 0.05) is 30.5 Å². The summed E-state index contributed by atoms with van der Waals surface area (Å²) in [6.45, 7) is 1.60. The van der Waals surface area contributed by atoms with Crippen molar-refractivity contribution in [3.05, 3.63) is 82.6 Å². The van der Waals surface area contributed by atoms with Crippen LogP contribution in [0.25, 0.3) is 11.3 Å². The molecule has 3 aromatic rings. The molecule has 4 rings (SSSR count). The number of aromatic nitrogens is 2. The normalized spacial score (nSPS) is 13.5. The molecular weight excluding hydrogens is 394 g/mol. The lowest BCUT2D eigenvalue weighted by Crippen LogP contribution is -2.35. The molecule has 1 aliphatic rings. The second kappa shape index (κ2) is 9.76. The Morgan fingerprint density at radius 3 is 2.33 bits per heavy atom. The molecule has 6 heteroatoms. The van der Waals surface area contributed by atoms with Gasteiger partial charge in [0.05, 0.1) is 5.69 Å². The average molecular weight is 420 g/mol. The second-order valence-corrected chi connectivity index (χ2v) is 8.45. The topological polar surface area (TPSA) is 55.2 Å². The zero-order chi connectivity index (χ0) is 20.8. The van der Waals surface area contributed by atoms with Gasteiger partial charge in [-0.05, 0) is 24.8 Å². The molecule has 1 aliphatic heterocycles. The number of carbonyl (C=O) groups excluding carboxylic acids is 1. The van der Waals surface area contributed by atoms with Crippen molar-refractivity contribution in [3.63, 3.8) is 0 Å². The molecule has 0 saturated carbocycles. The molecule has 154 valence electrons. The summed E-state index contributed by atoms with van der Waals surface area (Å²) in [7, 11) is 0. The van der Waals surface area contributed by atoms with Gasteiger partial charge in [0.15, 0.2) is 5.16 Å². The van der Waals surface area contributed by atoms with Crippen LogP contribution in [0.1, 0.15) is 18.4 Å². The van der Waals surface area contributed by atoms with Gasteiger partial charge >= 0.3 is 0 Å². The number of rotatable bonds is 7. The number of thioether (sulfide) groups is 1. The maximum atomic E-state index is 13.0. The average Bonchev–Trinajstić information content (AvgIpc) is 3.32. The van der Waals surface area contributed by atoms with E-state index in [1.807, 2.05) is 53.4 Å². The molecule has 2 aromatic carbocycles. The smallest absolute Gasteiger partial charge is 0.255 e. The summed E-state index contributed by atoms with van der Waals surface area (Å²) < 4.78 is 1.53. The number of likely N-dealkylation sites (tertiary alicyclic amines) is 1. The standard InChI is InChI=1S/C24H25N3O2S/c28-22-17-21(20-11-5-2-6-12-20)25-24(30-16-13-19-9-3-1-4-10-19)27(22)18-23(29)26-14-7-8-15-26/h1-6,9-12,17H,7-8,13-16,18H2. The van der Waals surface area contributed by atoms with Gasteiger partial charge in [0.2, 0.25) is 5.91 Å². The Balaban J connectivity index is 1.59. The van der Waals surface area contributed by atoms with Crippen LogP contribution in [0, 0.1) is 0 Å². The van der Waals surface area contributed by atoms with Crippen LogP contribution in [0.15, 0.2) is 76.7 Å². The van der Waals surface area contributed by atoms with E-state index in [4.69, 9.17) is 4.98 Å². The third-order valence-electron chi connectivity index (χ3n) is 5.26. The van der Waals surface area contributed by atoms with Gasteiger partial charge in [-0.2, -0.15) is 0 Å². The number of hydrogen-bond donors (Lipinski definition) is 0. The van der Waals surface area contributed by atoms with Crippen LogP contribution in [0.4, 0.5) is 0 Å². The molecule has 0 aliphatic carbocycles. The Morgan fingerprint density at radius 2 is 1.63 bits per heavy atom. The summed E-state index contributed by atoms with van der Waals surface area (Å²) in [5, 5.41) is 0.602. The molecule has 0 bridgehead atoms. The van der Waals surface area contributed by atoms with E-state index in [1.54, 1.807) is 0 Å². The first-order chi connectivity index (χ1) is 14.7. The number of aryl methyl sites for hydroxylation is 1. The lowest BCUT2D eigenvalue weighted by Gasteiger charge is -2.18. The van der Waals surface area contributed by atoms with Crippen LogP contribution in [0.5, 0.6) is 0 Å². The highest BCUT2D eigenvalue weighted by atomic mass is 32.2. The lowest BCUT2D eigenvalue weighted by atomic mass is 10.1. The van der Waals surface area contributed by atoms with Crippen LogP contribution in [0.2, 0.25) is 0 Å². The van der Waals surface area contributed by atoms with E-state index in [0.717, 1.165) is 43.7 Å². The number of hydrogen-bond acceptors (Lipinski definition) is 4. The molecule has 30 heavy (non-hydrogen) atoms. The molecule has 0 radical (unpaired) electrons. The number of nitrogens with zero attached hydrogens (tertiary/aromatic N) is 3. The van der Waals surface area contributed by atoms with Gasteiger partial charge in [-0.15, -0.1) is 0 Å². The molecule has 0 spiro atoms. The summed E-state index contributed by atoms with van der Waals surface area (Å²) in [4.78, 5) is 32.3. The maximum absolute atomic E-state index is 13.0. The fraction of sp³-hybridized carbons (Fsp3) is 0.292. The van der Waals surface area contributed by atoms with E-state index in [0.29, 0.717) is 10.9 Å². The fourth-order valence-electron chi connectivity index (χ4n) is 3.60. The van der Waals surface area contributed by atoms with Crippen molar-refractivity contribution in [1.82, 2.24) is 14.5 Å². The highest BCUT2D eigenvalue weighted by Gasteiger charge is 2.20. The van der Waals surface area contributed by atoms with Crippen molar-refractivity contribution >= 4 is 17.7 Å². The van der Waals surface area contributed by atoms with Gasteiger partial charge in [-0.1, -0.05) is 72.4 Å². The molecule has 0 N–H and O–H groups in total. The number of benzene rings is 2. The van der Waals surface area contributed by atoms with Crippen molar-refractivity contribution < 1.29 is 4.79 Å². The zero-order valence-electron chi connectivity index (χ0n) is 16.9. The van der Waals surface area contributed by atoms with E-state index in [1.165, 1.54) is 28.0 Å². The molecule has 1 saturated heterocycles. The Kier molecular flexibility index (Phi) is 6.64. The Bertz CT molecular complexity index is 1050. The highest BCUT2D eigenvalue weighted by Crippen LogP contribution is 2.22. The predicted molar refractivity (Wildman–Crippen MR) is 121 cm³/mol. The molecule has 1 fully saturated rings. The third kappa shape index (κ3) is 5.00. The molecule has 0 atom stereocenters. The highest BCUT2D eigenvalue weighted by molar-refractivity contribution is 7.99. The van der Waals surface area contributed by atoms with Crippen molar-refractivity contribution in [2.45, 2.75) is 31.0 Å². The van der Waals surface area contributed by atoms with Gasteiger partial charge in [-0.25, -0.2) is 4.98 Å². The summed E-state index contributed by atoms with van der Waals surface area (Å²) in [6, 6.07) is 21.5. The Morgan fingerprint density at radius 1 is 0.967 bits per heavy atom. The van der Waals surface area contributed by atoms with Crippen LogP contribution >= 0.6 is 11.8 Å². The number of carbonyl (C=O) groups is 1. The number of amides is 1. The first kappa shape index (κ1) is 20.4. The fourth-order valence-corrected chi connectivity index (χ4v) is 4.60. The van der Waals surface area contributed by atoms with E-state index < -0.39 is 0 Å². The summed E-state index contributed by atoms with van der Waals surface area (Å²) in [6.07, 6.45) is 2.94. The molecule has 1 aromatic heterocycles. The minimum atomic E-state index is -0.182. The van der Waals surface area contributed by atoms with E-state index in [-0.39, 0.29) is 18.0 Å². The second-order valence-electron chi connectivity index (χ2n) is 7.39. The first-order valence-electron chi connectivity index (χ1n) is 10.3. The van der Waals surface area contributed by atoms with Crippen molar-refractivity contribution in [2.75, 3.05) is 18.8 Å². The van der Waals surface area contributed by atoms with Crippen LogP contribution in [0.3, 0.4) is 0 Å². The Labute approximate surface area is 180 Å². The molecular formula is C24H25N3O2S. The lowest BCUT2D eigenvalue weighted by molar-refractivity contribution is -0.130. The maximum Gasteiger partial charge on any atom is 0.255 e. The molecule has 0 unspecified atom stereocenters. The summed E-state index contributed by atoms with van der Waals surface area (Å²) >= 11 is 1.53. The monoisotopic (exact) mass is 419 g/mol. The minimum Gasteiger partial charge on any atom is -0.341 e. The van der Waals surface area contributed by atoms with E-state index >= 15 is 0 Å².